The van der Waals surface area contributed by atoms with Gasteiger partial charge in [-0.15, -0.1) is 0 Å². The van der Waals surface area contributed by atoms with E-state index in [9.17, 15) is 0 Å². The fourth-order valence-corrected chi connectivity index (χ4v) is 2.03. The van der Waals surface area contributed by atoms with Crippen LogP contribution in [0.1, 0.15) is 75.2 Å². The zero-order chi connectivity index (χ0) is 16.4. The Labute approximate surface area is 124 Å². The summed E-state index contributed by atoms with van der Waals surface area (Å²) in [5, 5.41) is 12.0. The van der Waals surface area contributed by atoms with Gasteiger partial charge in [-0.3, -0.25) is 10.5 Å². The molecule has 0 aromatic heterocycles. The van der Waals surface area contributed by atoms with E-state index < -0.39 is 0 Å². The summed E-state index contributed by atoms with van der Waals surface area (Å²) >= 11 is 0. The Morgan fingerprint density at radius 1 is 0.700 bits per heavy atom. The van der Waals surface area contributed by atoms with Crippen LogP contribution in [0.2, 0.25) is 0 Å². The lowest BCUT2D eigenvalue weighted by Crippen LogP contribution is -2.40. The Kier molecular flexibility index (Phi) is 6.25. The highest BCUT2D eigenvalue weighted by Crippen LogP contribution is 2.53. The maximum absolute atomic E-state index is 6.00. The number of hydrogen-bond donors (Lipinski definition) is 2. The van der Waals surface area contributed by atoms with E-state index in [0.717, 1.165) is 6.42 Å². The summed E-state index contributed by atoms with van der Waals surface area (Å²) < 4.78 is 0. The number of hydrogen-bond acceptors (Lipinski definition) is 4. The molecule has 1 fully saturated rings. The van der Waals surface area contributed by atoms with Crippen LogP contribution in [0, 0.1) is 21.7 Å². The second-order valence-electron chi connectivity index (χ2n) is 8.83. The summed E-state index contributed by atoms with van der Waals surface area (Å²) in [5.41, 5.74) is 0.892. The van der Waals surface area contributed by atoms with Gasteiger partial charge < -0.3 is 0 Å². The fraction of sp³-hybridized carbons (Fsp3) is 1.00. The van der Waals surface area contributed by atoms with Gasteiger partial charge in [-0.25, -0.2) is 0 Å². The highest BCUT2D eigenvalue weighted by Gasteiger charge is 2.53. The molecule has 1 atom stereocenters. The quantitative estimate of drug-likeness (QED) is 0.424. The lowest BCUT2D eigenvalue weighted by molar-refractivity contribution is -0.176. The molecule has 2 N–H and O–H groups in total. The SMILES string of the molecule is CC(C)(C)C(C)(C)CCC(C)(C1OO1)C(C)(C)C.OO. The second kappa shape index (κ2) is 6.30. The zero-order valence-corrected chi connectivity index (χ0v) is 14.7. The average Bonchev–Trinajstić information content (AvgIpc) is 3.09. The highest BCUT2D eigenvalue weighted by molar-refractivity contribution is 4.94. The van der Waals surface area contributed by atoms with E-state index in [0.29, 0.717) is 10.8 Å². The minimum atomic E-state index is -0.0201. The maximum atomic E-state index is 6.00. The van der Waals surface area contributed by atoms with Gasteiger partial charge in [0.2, 0.25) is 6.29 Å². The van der Waals surface area contributed by atoms with Gasteiger partial charge in [-0.2, -0.15) is 9.78 Å². The van der Waals surface area contributed by atoms with Crippen molar-refractivity contribution in [2.75, 3.05) is 0 Å². The third kappa shape index (κ3) is 4.42. The molecule has 1 aliphatic heterocycles. The lowest BCUT2D eigenvalue weighted by Gasteiger charge is -2.45. The zero-order valence-electron chi connectivity index (χ0n) is 14.7. The van der Waals surface area contributed by atoms with E-state index in [1.165, 1.54) is 6.42 Å². The van der Waals surface area contributed by atoms with Crippen molar-refractivity contribution < 1.29 is 20.3 Å². The van der Waals surface area contributed by atoms with Gasteiger partial charge >= 0.3 is 0 Å². The Morgan fingerprint density at radius 2 is 1.10 bits per heavy atom. The molecule has 0 bridgehead atoms. The molecule has 0 amide bonds. The van der Waals surface area contributed by atoms with Gasteiger partial charge in [-0.05, 0) is 29.1 Å². The molecule has 1 unspecified atom stereocenters. The van der Waals surface area contributed by atoms with Gasteiger partial charge in [0.1, 0.15) is 0 Å². The lowest BCUT2D eigenvalue weighted by atomic mass is 9.60. The predicted octanol–water partition coefficient (Wildman–Crippen LogP) is 5.20. The molecule has 1 saturated heterocycles. The van der Waals surface area contributed by atoms with Crippen LogP contribution in [-0.2, 0) is 9.78 Å². The van der Waals surface area contributed by atoms with Crippen LogP contribution in [0.25, 0.3) is 0 Å². The molecule has 0 aliphatic carbocycles. The molecule has 1 aliphatic rings. The third-order valence-corrected chi connectivity index (χ3v) is 5.73. The minimum absolute atomic E-state index is 0.0201. The number of rotatable bonds is 4. The van der Waals surface area contributed by atoms with Crippen LogP contribution in [0.15, 0.2) is 0 Å². The third-order valence-electron chi connectivity index (χ3n) is 5.73. The van der Waals surface area contributed by atoms with Gasteiger partial charge in [0.15, 0.2) is 0 Å². The standard InChI is InChI=1S/C16H32O2.H2O2/c1-13(2,3)15(7,8)10-11-16(9,12-17-18-12)14(4,5)6;1-2/h12H,10-11H2,1-9H3;1-2H. The van der Waals surface area contributed by atoms with Crippen LogP contribution < -0.4 is 0 Å². The van der Waals surface area contributed by atoms with E-state index in [-0.39, 0.29) is 17.1 Å². The summed E-state index contributed by atoms with van der Waals surface area (Å²) in [6.07, 6.45) is 2.30. The summed E-state index contributed by atoms with van der Waals surface area (Å²) in [5.74, 6) is 0. The molecule has 122 valence electrons. The molecule has 4 heteroatoms. The first-order chi connectivity index (χ1) is 8.81. The van der Waals surface area contributed by atoms with Crippen molar-refractivity contribution in [1.29, 1.82) is 0 Å². The van der Waals surface area contributed by atoms with Crippen molar-refractivity contribution in [2.24, 2.45) is 21.7 Å². The van der Waals surface area contributed by atoms with Crippen LogP contribution >= 0.6 is 0 Å². The van der Waals surface area contributed by atoms with Crippen molar-refractivity contribution >= 4 is 0 Å². The summed E-state index contributed by atoms with van der Waals surface area (Å²) in [6.45, 7) is 20.8. The Morgan fingerprint density at radius 3 is 1.35 bits per heavy atom. The minimum Gasteiger partial charge on any atom is -0.255 e. The van der Waals surface area contributed by atoms with Crippen LogP contribution in [0.5, 0.6) is 0 Å². The molecular formula is C16H34O4. The summed E-state index contributed by atoms with van der Waals surface area (Å²) in [4.78, 5) is 10.3. The molecular weight excluding hydrogens is 256 g/mol. The molecule has 1 heterocycles. The predicted molar refractivity (Wildman–Crippen MR) is 81.2 cm³/mol. The molecule has 1 rings (SSSR count). The molecule has 4 nitrogen and oxygen atoms in total. The molecule has 0 radical (unpaired) electrons. The normalized spacial score (nSPS) is 19.9. The molecule has 0 spiro atoms. The van der Waals surface area contributed by atoms with Crippen molar-refractivity contribution in [2.45, 2.75) is 81.4 Å². The van der Waals surface area contributed by atoms with E-state index in [4.69, 9.17) is 20.3 Å². The molecule has 20 heavy (non-hydrogen) atoms. The summed E-state index contributed by atoms with van der Waals surface area (Å²) in [7, 11) is 0. The van der Waals surface area contributed by atoms with Crippen molar-refractivity contribution in [3.63, 3.8) is 0 Å². The fourth-order valence-electron chi connectivity index (χ4n) is 2.03. The van der Waals surface area contributed by atoms with Crippen LogP contribution in [0.4, 0.5) is 0 Å². The smallest absolute Gasteiger partial charge is 0.230 e. The molecule has 0 aromatic rings. The van der Waals surface area contributed by atoms with Crippen molar-refractivity contribution in [3.05, 3.63) is 0 Å². The summed E-state index contributed by atoms with van der Waals surface area (Å²) in [6, 6.07) is 0. The highest BCUT2D eigenvalue weighted by atomic mass is 17.4. The largest absolute Gasteiger partial charge is 0.255 e. The van der Waals surface area contributed by atoms with E-state index >= 15 is 0 Å². The van der Waals surface area contributed by atoms with E-state index in [2.05, 4.69) is 62.3 Å². The Bertz CT molecular complexity index is 295. The van der Waals surface area contributed by atoms with Gasteiger partial charge in [0.05, 0.1) is 0 Å². The molecule has 0 aromatic carbocycles. The van der Waals surface area contributed by atoms with Gasteiger partial charge in [0.25, 0.3) is 0 Å². The first kappa shape index (κ1) is 19.8. The first-order valence-electron chi connectivity index (χ1n) is 7.33. The first-order valence-corrected chi connectivity index (χ1v) is 7.33. The van der Waals surface area contributed by atoms with Crippen LogP contribution in [0.3, 0.4) is 0 Å². The topological polar surface area (TPSA) is 65.5 Å². The van der Waals surface area contributed by atoms with Crippen LogP contribution in [-0.4, -0.2) is 16.8 Å². The van der Waals surface area contributed by atoms with Gasteiger partial charge in [-0.1, -0.05) is 62.3 Å². The second-order valence-corrected chi connectivity index (χ2v) is 8.83. The van der Waals surface area contributed by atoms with Crippen molar-refractivity contribution in [1.82, 2.24) is 0 Å². The maximum Gasteiger partial charge on any atom is 0.230 e. The van der Waals surface area contributed by atoms with Gasteiger partial charge in [0, 0.05) is 5.41 Å². The molecule has 0 saturated carbocycles. The monoisotopic (exact) mass is 290 g/mol. The van der Waals surface area contributed by atoms with E-state index in [1.807, 2.05) is 0 Å². The van der Waals surface area contributed by atoms with E-state index in [1.54, 1.807) is 0 Å². The van der Waals surface area contributed by atoms with Crippen molar-refractivity contribution in [3.8, 4) is 0 Å². The Hall–Kier alpha value is -0.160. The average molecular weight is 290 g/mol. The Balaban J connectivity index is 0.00000172.